The van der Waals surface area contributed by atoms with Gasteiger partial charge in [-0.3, -0.25) is 0 Å². The summed E-state index contributed by atoms with van der Waals surface area (Å²) in [6, 6.07) is 17.0. The second kappa shape index (κ2) is 9.93. The smallest absolute Gasteiger partial charge is 0.127 e. The Bertz CT molecular complexity index is 938. The molecule has 1 aliphatic heterocycles. The van der Waals surface area contributed by atoms with Gasteiger partial charge in [-0.25, -0.2) is 0 Å². The molecule has 2 aromatic rings. The molecule has 2 aromatic carbocycles. The third kappa shape index (κ3) is 4.62. The molecular weight excluding hydrogens is 394 g/mol. The zero-order valence-corrected chi connectivity index (χ0v) is 19.5. The molecule has 0 amide bonds. The first kappa shape index (κ1) is 22.6. The maximum Gasteiger partial charge on any atom is 0.127 e. The molecule has 0 aromatic heterocycles. The first-order chi connectivity index (χ1) is 15.6. The second-order valence-electron chi connectivity index (χ2n) is 9.28. The average molecular weight is 432 g/mol. The molecule has 3 unspecified atom stereocenters. The topological polar surface area (TPSA) is 50.5 Å². The van der Waals surface area contributed by atoms with Crippen molar-refractivity contribution in [2.24, 2.45) is 17.6 Å². The SMILES string of the molecule is C=CN(/C=C\C)c1ccc(OC2c3ccccc3C[C@H]2CCC2(N)CNCC2CC)cc1. The monoisotopic (exact) mass is 431 g/mol. The van der Waals surface area contributed by atoms with Crippen molar-refractivity contribution < 1.29 is 4.74 Å². The van der Waals surface area contributed by atoms with Gasteiger partial charge in [0.1, 0.15) is 11.9 Å². The van der Waals surface area contributed by atoms with Crippen LogP contribution in [0.15, 0.2) is 73.6 Å². The van der Waals surface area contributed by atoms with Gasteiger partial charge in [-0.15, -0.1) is 0 Å². The molecule has 0 spiro atoms. The van der Waals surface area contributed by atoms with Gasteiger partial charge in [-0.05, 0) is 74.0 Å². The highest BCUT2D eigenvalue weighted by molar-refractivity contribution is 5.53. The number of allylic oxidation sites excluding steroid dienone is 1. The third-order valence-electron chi connectivity index (χ3n) is 7.31. The number of nitrogens with zero attached hydrogens (tertiary/aromatic N) is 1. The van der Waals surface area contributed by atoms with E-state index in [2.05, 4.69) is 67.4 Å². The van der Waals surface area contributed by atoms with E-state index in [1.165, 1.54) is 11.1 Å². The first-order valence-electron chi connectivity index (χ1n) is 12.0. The Labute approximate surface area is 193 Å². The molecule has 0 bridgehead atoms. The number of anilines is 1. The number of fused-ring (bicyclic) bond motifs is 1. The molecule has 1 aliphatic carbocycles. The van der Waals surface area contributed by atoms with Crippen molar-refractivity contribution in [3.8, 4) is 5.75 Å². The standard InChI is InChI=1S/C28H37N3O/c1-4-17-31(6-3)24-11-13-25(14-12-24)32-27-22(18-21-9-7-8-10-26(21)27)15-16-28(29)20-30-19-23(28)5-2/h4,6-14,17,22-23,27,30H,3,5,15-16,18-20,29H2,1-2H3/b17-4-/t22-,23?,27?,28?/m1/s1. The van der Waals surface area contributed by atoms with Gasteiger partial charge in [0.15, 0.2) is 0 Å². The van der Waals surface area contributed by atoms with Crippen molar-refractivity contribution >= 4 is 5.69 Å². The number of rotatable bonds is 9. The molecule has 1 fully saturated rings. The average Bonchev–Trinajstić information content (AvgIpc) is 3.37. The van der Waals surface area contributed by atoms with Crippen molar-refractivity contribution in [3.05, 3.63) is 84.7 Å². The van der Waals surface area contributed by atoms with Crippen molar-refractivity contribution in [2.45, 2.75) is 51.2 Å². The van der Waals surface area contributed by atoms with E-state index < -0.39 is 0 Å². The van der Waals surface area contributed by atoms with Crippen LogP contribution in [0.3, 0.4) is 0 Å². The fraction of sp³-hybridized carbons (Fsp3) is 0.429. The van der Waals surface area contributed by atoms with E-state index in [4.69, 9.17) is 10.5 Å². The lowest BCUT2D eigenvalue weighted by atomic mass is 9.79. The number of hydrogen-bond donors (Lipinski definition) is 2. The molecule has 4 nitrogen and oxygen atoms in total. The van der Waals surface area contributed by atoms with Crippen molar-refractivity contribution in [3.63, 3.8) is 0 Å². The maximum atomic E-state index is 6.86. The lowest BCUT2D eigenvalue weighted by Crippen LogP contribution is -2.47. The number of benzene rings is 2. The molecule has 4 rings (SSSR count). The van der Waals surface area contributed by atoms with E-state index in [1.54, 1.807) is 0 Å². The molecule has 2 aliphatic rings. The summed E-state index contributed by atoms with van der Waals surface area (Å²) in [6.07, 6.45) is 10.2. The molecule has 4 atom stereocenters. The summed E-state index contributed by atoms with van der Waals surface area (Å²) in [6.45, 7) is 10.1. The zero-order chi connectivity index (χ0) is 22.6. The summed E-state index contributed by atoms with van der Waals surface area (Å²) in [7, 11) is 0. The predicted molar refractivity (Wildman–Crippen MR) is 134 cm³/mol. The molecule has 1 heterocycles. The van der Waals surface area contributed by atoms with Crippen LogP contribution in [-0.4, -0.2) is 18.6 Å². The van der Waals surface area contributed by atoms with Crippen LogP contribution in [0.1, 0.15) is 50.3 Å². The van der Waals surface area contributed by atoms with E-state index in [0.717, 1.165) is 50.2 Å². The van der Waals surface area contributed by atoms with Gasteiger partial charge in [-0.1, -0.05) is 50.3 Å². The number of ether oxygens (including phenoxy) is 1. The molecule has 0 radical (unpaired) electrons. The van der Waals surface area contributed by atoms with Gasteiger partial charge in [0.05, 0.1) is 0 Å². The summed E-state index contributed by atoms with van der Waals surface area (Å²) in [5, 5.41) is 3.51. The van der Waals surface area contributed by atoms with Crippen molar-refractivity contribution in [2.75, 3.05) is 18.0 Å². The molecule has 1 saturated heterocycles. The number of nitrogens with two attached hydrogens (primary N) is 1. The van der Waals surface area contributed by atoms with E-state index in [-0.39, 0.29) is 11.6 Å². The van der Waals surface area contributed by atoms with Crippen LogP contribution in [-0.2, 0) is 6.42 Å². The highest BCUT2D eigenvalue weighted by Gasteiger charge is 2.41. The lowest BCUT2D eigenvalue weighted by Gasteiger charge is -2.32. The Morgan fingerprint density at radius 3 is 2.72 bits per heavy atom. The molecular formula is C28H37N3O. The quantitative estimate of drug-likeness (QED) is 0.545. The molecule has 0 saturated carbocycles. The Morgan fingerprint density at radius 1 is 1.22 bits per heavy atom. The summed E-state index contributed by atoms with van der Waals surface area (Å²) >= 11 is 0. The minimum Gasteiger partial charge on any atom is -0.485 e. The third-order valence-corrected chi connectivity index (χ3v) is 7.31. The summed E-state index contributed by atoms with van der Waals surface area (Å²) in [4.78, 5) is 2.00. The Balaban J connectivity index is 1.50. The highest BCUT2D eigenvalue weighted by atomic mass is 16.5. The van der Waals surface area contributed by atoms with Crippen molar-refractivity contribution in [1.29, 1.82) is 0 Å². The molecule has 3 N–H and O–H groups in total. The zero-order valence-electron chi connectivity index (χ0n) is 19.5. The fourth-order valence-electron chi connectivity index (χ4n) is 5.43. The second-order valence-corrected chi connectivity index (χ2v) is 9.28. The van der Waals surface area contributed by atoms with Gasteiger partial charge in [0, 0.05) is 36.1 Å². The van der Waals surface area contributed by atoms with Crippen LogP contribution in [0.5, 0.6) is 5.75 Å². The van der Waals surface area contributed by atoms with Crippen molar-refractivity contribution in [1.82, 2.24) is 5.32 Å². The first-order valence-corrected chi connectivity index (χ1v) is 12.0. The van der Waals surface area contributed by atoms with E-state index in [0.29, 0.717) is 11.8 Å². The molecule has 170 valence electrons. The summed E-state index contributed by atoms with van der Waals surface area (Å²) < 4.78 is 6.63. The van der Waals surface area contributed by atoms with Crippen LogP contribution in [0.4, 0.5) is 5.69 Å². The van der Waals surface area contributed by atoms with E-state index in [1.807, 2.05) is 30.3 Å². The number of nitrogens with one attached hydrogen (secondary N) is 1. The Morgan fingerprint density at radius 2 is 2.00 bits per heavy atom. The minimum absolute atomic E-state index is 0.0705. The molecule has 4 heteroatoms. The van der Waals surface area contributed by atoms with E-state index in [9.17, 15) is 0 Å². The fourth-order valence-corrected chi connectivity index (χ4v) is 5.43. The summed E-state index contributed by atoms with van der Waals surface area (Å²) in [5.74, 6) is 1.91. The van der Waals surface area contributed by atoms with Crippen LogP contribution < -0.4 is 20.7 Å². The number of hydrogen-bond acceptors (Lipinski definition) is 4. The van der Waals surface area contributed by atoms with Crippen LogP contribution in [0.2, 0.25) is 0 Å². The van der Waals surface area contributed by atoms with Crippen LogP contribution in [0.25, 0.3) is 0 Å². The minimum atomic E-state index is -0.101. The highest BCUT2D eigenvalue weighted by Crippen LogP contribution is 2.43. The molecule has 32 heavy (non-hydrogen) atoms. The van der Waals surface area contributed by atoms with Gasteiger partial charge >= 0.3 is 0 Å². The normalized spacial score (nSPS) is 26.9. The largest absolute Gasteiger partial charge is 0.485 e. The lowest BCUT2D eigenvalue weighted by molar-refractivity contribution is 0.133. The van der Waals surface area contributed by atoms with E-state index >= 15 is 0 Å². The van der Waals surface area contributed by atoms with Crippen LogP contribution >= 0.6 is 0 Å². The van der Waals surface area contributed by atoms with Gasteiger partial charge in [0.25, 0.3) is 0 Å². The Kier molecular flexibility index (Phi) is 7.02. The Hall–Kier alpha value is -2.56. The maximum absolute atomic E-state index is 6.86. The predicted octanol–water partition coefficient (Wildman–Crippen LogP) is 5.57. The van der Waals surface area contributed by atoms with Crippen LogP contribution in [0, 0.1) is 11.8 Å². The van der Waals surface area contributed by atoms with Gasteiger partial charge in [-0.2, -0.15) is 0 Å². The van der Waals surface area contributed by atoms with Gasteiger partial charge in [0.2, 0.25) is 0 Å². The van der Waals surface area contributed by atoms with Gasteiger partial charge < -0.3 is 20.7 Å². The summed E-state index contributed by atoms with van der Waals surface area (Å²) in [5.41, 5.74) is 10.6.